The lowest BCUT2D eigenvalue weighted by atomic mass is 9.76. The molecule has 1 fully saturated rings. The van der Waals surface area contributed by atoms with Gasteiger partial charge in [-0.2, -0.15) is 0 Å². The van der Waals surface area contributed by atoms with E-state index in [4.69, 9.17) is 27.9 Å². The molecule has 3 atom stereocenters. The van der Waals surface area contributed by atoms with Gasteiger partial charge in [0.1, 0.15) is 5.78 Å². The van der Waals surface area contributed by atoms with Gasteiger partial charge in [0.15, 0.2) is 11.6 Å². The summed E-state index contributed by atoms with van der Waals surface area (Å²) in [6.07, 6.45) is 7.20. The van der Waals surface area contributed by atoms with Gasteiger partial charge < -0.3 is 4.74 Å². The number of hydrogen-bond acceptors (Lipinski definition) is 2. The van der Waals surface area contributed by atoms with Crippen LogP contribution in [0.5, 0.6) is 0 Å². The normalized spacial score (nSPS) is 31.3. The molecular formula is C18H23Cl2FO2. The van der Waals surface area contributed by atoms with Crippen molar-refractivity contribution in [3.63, 3.8) is 0 Å². The third kappa shape index (κ3) is 3.51. The van der Waals surface area contributed by atoms with Crippen molar-refractivity contribution in [2.45, 2.75) is 46.0 Å². The molecule has 2 nitrogen and oxygen atoms in total. The van der Waals surface area contributed by atoms with Crippen LogP contribution in [0, 0.1) is 17.3 Å². The van der Waals surface area contributed by atoms with Crippen LogP contribution in [0.2, 0.25) is 0 Å². The molecule has 0 aliphatic heterocycles. The number of ether oxygens (including phenoxy) is 1. The molecule has 0 heterocycles. The smallest absolute Gasteiger partial charge is 0.168 e. The predicted octanol–water partition coefficient (Wildman–Crippen LogP) is 5.86. The lowest BCUT2D eigenvalue weighted by Crippen LogP contribution is -2.28. The number of rotatable bonds is 6. The van der Waals surface area contributed by atoms with Gasteiger partial charge in [-0.25, -0.2) is 4.39 Å². The van der Waals surface area contributed by atoms with Gasteiger partial charge in [0, 0.05) is 22.3 Å². The molecule has 0 aromatic heterocycles. The number of Topliss-reactive ketones (excluding diaryl/α,β-unsaturated/α-hetero) is 1. The van der Waals surface area contributed by atoms with E-state index in [9.17, 15) is 9.18 Å². The summed E-state index contributed by atoms with van der Waals surface area (Å²) in [7, 11) is 1.40. The van der Waals surface area contributed by atoms with Crippen molar-refractivity contribution in [2.24, 2.45) is 17.3 Å². The Morgan fingerprint density at radius 2 is 2.26 bits per heavy atom. The van der Waals surface area contributed by atoms with Gasteiger partial charge in [0.2, 0.25) is 0 Å². The van der Waals surface area contributed by atoms with E-state index in [1.165, 1.54) is 13.2 Å². The fourth-order valence-electron chi connectivity index (χ4n) is 3.70. The minimum absolute atomic E-state index is 0.0658. The Morgan fingerprint density at radius 3 is 2.83 bits per heavy atom. The highest BCUT2D eigenvalue weighted by molar-refractivity contribution is 6.31. The lowest BCUT2D eigenvalue weighted by molar-refractivity contribution is -0.128. The molecule has 0 saturated heterocycles. The van der Waals surface area contributed by atoms with E-state index in [1.54, 1.807) is 6.92 Å². The monoisotopic (exact) mass is 360 g/mol. The molecule has 2 rings (SSSR count). The summed E-state index contributed by atoms with van der Waals surface area (Å²) in [6.45, 7) is 3.90. The van der Waals surface area contributed by atoms with Gasteiger partial charge >= 0.3 is 0 Å². The molecular weight excluding hydrogens is 338 g/mol. The average Bonchev–Trinajstić information content (AvgIpc) is 2.78. The standard InChI is InChI=1S/C18H23Cl2FO2/c1-4-5-7-18(8-6-11(2)19)10-13-12(17(18)22)9-14(21)16(23-3)15(13)20/h6,9,12-13H,4-5,7-8,10H2,1-3H3. The predicted molar refractivity (Wildman–Crippen MR) is 91.9 cm³/mol. The third-order valence-electron chi connectivity index (χ3n) is 4.94. The molecule has 1 saturated carbocycles. The molecule has 0 N–H and O–H groups in total. The zero-order valence-corrected chi connectivity index (χ0v) is 15.3. The highest BCUT2D eigenvalue weighted by atomic mass is 35.5. The van der Waals surface area contributed by atoms with Crippen LogP contribution in [0.1, 0.15) is 46.0 Å². The zero-order valence-electron chi connectivity index (χ0n) is 13.8. The Hall–Kier alpha value is -0.800. The molecule has 0 aromatic rings. The largest absolute Gasteiger partial charge is 0.492 e. The van der Waals surface area contributed by atoms with Crippen molar-refractivity contribution in [1.29, 1.82) is 0 Å². The topological polar surface area (TPSA) is 26.3 Å². The number of ketones is 1. The van der Waals surface area contributed by atoms with Crippen LogP contribution in [0.3, 0.4) is 0 Å². The van der Waals surface area contributed by atoms with E-state index in [0.717, 1.165) is 19.3 Å². The van der Waals surface area contributed by atoms with Gasteiger partial charge in [-0.05, 0) is 32.3 Å². The zero-order chi connectivity index (χ0) is 17.2. The Bertz CT molecular complexity index is 576. The van der Waals surface area contributed by atoms with Crippen LogP contribution in [-0.2, 0) is 9.53 Å². The molecule has 0 aromatic carbocycles. The summed E-state index contributed by atoms with van der Waals surface area (Å²) in [5.41, 5.74) is -0.512. The Morgan fingerprint density at radius 1 is 1.57 bits per heavy atom. The maximum absolute atomic E-state index is 14.1. The SMILES string of the molecule is CCCCC1(CC=C(C)Cl)CC2C(Cl)=C(OC)C(F)=CC2C1=O. The van der Waals surface area contributed by atoms with Crippen LogP contribution in [-0.4, -0.2) is 12.9 Å². The molecule has 5 heteroatoms. The van der Waals surface area contributed by atoms with E-state index in [1.807, 2.05) is 6.08 Å². The van der Waals surface area contributed by atoms with E-state index >= 15 is 0 Å². The van der Waals surface area contributed by atoms with E-state index in [0.29, 0.717) is 22.9 Å². The number of hydrogen-bond donors (Lipinski definition) is 0. The summed E-state index contributed by atoms with van der Waals surface area (Å²) in [5, 5.41) is 1.00. The average molecular weight is 361 g/mol. The van der Waals surface area contributed by atoms with Gasteiger partial charge in [-0.1, -0.05) is 49.0 Å². The van der Waals surface area contributed by atoms with Crippen LogP contribution in [0.15, 0.2) is 33.8 Å². The van der Waals surface area contributed by atoms with Crippen LogP contribution >= 0.6 is 23.2 Å². The molecule has 0 spiro atoms. The van der Waals surface area contributed by atoms with Crippen LogP contribution in [0.25, 0.3) is 0 Å². The first-order valence-electron chi connectivity index (χ1n) is 8.04. The van der Waals surface area contributed by atoms with Gasteiger partial charge in [-0.3, -0.25) is 4.79 Å². The molecule has 0 radical (unpaired) electrons. The lowest BCUT2D eigenvalue weighted by Gasteiger charge is -2.26. The van der Waals surface area contributed by atoms with Crippen molar-refractivity contribution >= 4 is 29.0 Å². The Labute approximate surface area is 147 Å². The second kappa shape index (κ2) is 7.40. The number of carbonyl (C=O) groups is 1. The van der Waals surface area contributed by atoms with Crippen molar-refractivity contribution < 1.29 is 13.9 Å². The van der Waals surface area contributed by atoms with Gasteiger partial charge in [0.05, 0.1) is 12.1 Å². The number of allylic oxidation sites excluding steroid dienone is 5. The van der Waals surface area contributed by atoms with E-state index < -0.39 is 17.2 Å². The molecule has 3 unspecified atom stereocenters. The van der Waals surface area contributed by atoms with E-state index in [2.05, 4.69) is 6.92 Å². The second-order valence-electron chi connectivity index (χ2n) is 6.48. The first kappa shape index (κ1) is 18.5. The highest BCUT2D eigenvalue weighted by Crippen LogP contribution is 2.55. The third-order valence-corrected chi connectivity index (χ3v) is 5.55. The molecule has 2 aliphatic carbocycles. The van der Waals surface area contributed by atoms with Crippen molar-refractivity contribution in [2.75, 3.05) is 7.11 Å². The number of unbranched alkanes of at least 4 members (excludes halogenated alkanes) is 1. The maximum Gasteiger partial charge on any atom is 0.168 e. The first-order chi connectivity index (χ1) is 10.9. The number of halogens is 3. The van der Waals surface area contributed by atoms with Crippen molar-refractivity contribution in [1.82, 2.24) is 0 Å². The molecule has 0 bridgehead atoms. The number of methoxy groups -OCH3 is 1. The highest BCUT2D eigenvalue weighted by Gasteiger charge is 2.54. The summed E-state index contributed by atoms with van der Waals surface area (Å²) >= 11 is 12.3. The minimum atomic E-state index is -0.539. The molecule has 23 heavy (non-hydrogen) atoms. The Kier molecular flexibility index (Phi) is 5.96. The first-order valence-corrected chi connectivity index (χ1v) is 8.80. The van der Waals surface area contributed by atoms with Gasteiger partial charge in [0.25, 0.3) is 0 Å². The second-order valence-corrected chi connectivity index (χ2v) is 7.48. The summed E-state index contributed by atoms with van der Waals surface area (Å²) in [5.74, 6) is -1.09. The minimum Gasteiger partial charge on any atom is -0.492 e. The molecule has 128 valence electrons. The fourth-order valence-corrected chi connectivity index (χ4v) is 4.15. The maximum atomic E-state index is 14.1. The Balaban J connectivity index is 2.39. The summed E-state index contributed by atoms with van der Waals surface area (Å²) in [6, 6.07) is 0. The molecule has 0 amide bonds. The summed E-state index contributed by atoms with van der Waals surface area (Å²) < 4.78 is 19.2. The van der Waals surface area contributed by atoms with Crippen LogP contribution < -0.4 is 0 Å². The van der Waals surface area contributed by atoms with E-state index in [-0.39, 0.29) is 17.5 Å². The molecule has 2 aliphatic rings. The van der Waals surface area contributed by atoms with Crippen molar-refractivity contribution in [3.05, 3.63) is 33.8 Å². The quantitative estimate of drug-likeness (QED) is 0.592. The van der Waals surface area contributed by atoms with Crippen molar-refractivity contribution in [3.8, 4) is 0 Å². The van der Waals surface area contributed by atoms with Gasteiger partial charge in [-0.15, -0.1) is 0 Å². The summed E-state index contributed by atoms with van der Waals surface area (Å²) in [4.78, 5) is 13.1. The van der Waals surface area contributed by atoms with Crippen LogP contribution in [0.4, 0.5) is 4.39 Å². The number of carbonyl (C=O) groups excluding carboxylic acids is 1. The fraction of sp³-hybridized carbons (Fsp3) is 0.611. The number of fused-ring (bicyclic) bond motifs is 1.